The second-order valence-corrected chi connectivity index (χ2v) is 12.7. The van der Waals surface area contributed by atoms with Crippen molar-refractivity contribution in [3.05, 3.63) is 91.0 Å². The molecule has 1 saturated heterocycles. The summed E-state index contributed by atoms with van der Waals surface area (Å²) in [6, 6.07) is 32.7. The standard InChI is InChI=1S/C23H25O2P/c1-26(19-23-24-17-18-25-23,20-11-5-2-6-12-20,21-13-7-3-8-14-21)22-15-9-4-10-16-22/h2-16,23H,17-19H2,1H3. The van der Waals surface area contributed by atoms with Gasteiger partial charge in [0, 0.05) is 0 Å². The van der Waals surface area contributed by atoms with E-state index in [1.807, 2.05) is 0 Å². The minimum absolute atomic E-state index is 0.168. The van der Waals surface area contributed by atoms with Gasteiger partial charge in [0.05, 0.1) is 0 Å². The van der Waals surface area contributed by atoms with E-state index in [0.29, 0.717) is 13.2 Å². The summed E-state index contributed by atoms with van der Waals surface area (Å²) in [7, 11) is 0. The van der Waals surface area contributed by atoms with Gasteiger partial charge in [0.15, 0.2) is 0 Å². The Labute approximate surface area is 155 Å². The van der Waals surface area contributed by atoms with E-state index in [2.05, 4.69) is 97.7 Å². The molecule has 0 N–H and O–H groups in total. The van der Waals surface area contributed by atoms with Crippen molar-refractivity contribution < 1.29 is 9.47 Å². The van der Waals surface area contributed by atoms with Crippen LogP contribution in [0, 0.1) is 0 Å². The summed E-state index contributed by atoms with van der Waals surface area (Å²) in [5, 5.41) is 4.11. The van der Waals surface area contributed by atoms with E-state index in [0.717, 1.165) is 6.16 Å². The van der Waals surface area contributed by atoms with E-state index >= 15 is 0 Å². The molecule has 26 heavy (non-hydrogen) atoms. The van der Waals surface area contributed by atoms with Crippen molar-refractivity contribution in [1.29, 1.82) is 0 Å². The first-order valence-electron chi connectivity index (χ1n) is 9.12. The molecule has 3 heteroatoms. The first-order valence-corrected chi connectivity index (χ1v) is 12.0. The van der Waals surface area contributed by atoms with Crippen LogP contribution in [-0.4, -0.2) is 32.3 Å². The second-order valence-electron chi connectivity index (χ2n) is 7.16. The average Bonchev–Trinajstić information content (AvgIpc) is 3.23. The van der Waals surface area contributed by atoms with Crippen LogP contribution < -0.4 is 15.9 Å². The van der Waals surface area contributed by atoms with Crippen molar-refractivity contribution in [2.75, 3.05) is 26.0 Å². The Kier molecular flexibility index (Phi) is 4.67. The van der Waals surface area contributed by atoms with Crippen LogP contribution in [0.3, 0.4) is 0 Å². The zero-order valence-electron chi connectivity index (χ0n) is 15.1. The van der Waals surface area contributed by atoms with Gasteiger partial charge in [-0.05, 0) is 0 Å². The number of benzene rings is 3. The number of hydrogen-bond donors (Lipinski definition) is 0. The molecule has 2 nitrogen and oxygen atoms in total. The fourth-order valence-corrected chi connectivity index (χ4v) is 9.56. The van der Waals surface area contributed by atoms with Crippen LogP contribution in [0.1, 0.15) is 0 Å². The molecular formula is C23H25O2P. The van der Waals surface area contributed by atoms with Crippen molar-refractivity contribution in [3.8, 4) is 0 Å². The maximum absolute atomic E-state index is 5.95. The van der Waals surface area contributed by atoms with Crippen LogP contribution in [0.4, 0.5) is 0 Å². The maximum atomic E-state index is 5.95. The Morgan fingerprint density at radius 2 is 1.00 bits per heavy atom. The van der Waals surface area contributed by atoms with Gasteiger partial charge in [-0.3, -0.25) is 0 Å². The fraction of sp³-hybridized carbons (Fsp3) is 0.217. The number of hydrogen-bond acceptors (Lipinski definition) is 2. The zero-order valence-corrected chi connectivity index (χ0v) is 16.0. The van der Waals surface area contributed by atoms with E-state index in [1.54, 1.807) is 0 Å². The summed E-state index contributed by atoms with van der Waals surface area (Å²) in [5.41, 5.74) is 0. The summed E-state index contributed by atoms with van der Waals surface area (Å²) in [6.45, 7) is 1.06. The Morgan fingerprint density at radius 1 is 0.654 bits per heavy atom. The molecule has 1 fully saturated rings. The van der Waals surface area contributed by atoms with E-state index in [4.69, 9.17) is 9.47 Å². The van der Waals surface area contributed by atoms with Crippen LogP contribution in [0.25, 0.3) is 0 Å². The molecule has 134 valence electrons. The molecule has 0 aromatic heterocycles. The third-order valence-corrected chi connectivity index (χ3v) is 12.0. The Balaban J connectivity index is 2.03. The molecule has 0 unspecified atom stereocenters. The predicted molar refractivity (Wildman–Crippen MR) is 112 cm³/mol. The molecular weight excluding hydrogens is 339 g/mol. The normalized spacial score (nSPS) is 16.9. The molecule has 1 aliphatic rings. The van der Waals surface area contributed by atoms with Gasteiger partial charge in [-0.2, -0.15) is 0 Å². The van der Waals surface area contributed by atoms with Crippen molar-refractivity contribution in [1.82, 2.24) is 0 Å². The topological polar surface area (TPSA) is 18.5 Å². The van der Waals surface area contributed by atoms with Gasteiger partial charge in [-0.1, -0.05) is 0 Å². The Morgan fingerprint density at radius 3 is 1.35 bits per heavy atom. The van der Waals surface area contributed by atoms with Crippen LogP contribution in [0.15, 0.2) is 91.0 Å². The summed E-state index contributed by atoms with van der Waals surface area (Å²) in [6.07, 6.45) is 0.683. The summed E-state index contributed by atoms with van der Waals surface area (Å²) < 4.78 is 11.9. The van der Waals surface area contributed by atoms with Gasteiger partial charge in [-0.15, -0.1) is 0 Å². The molecule has 0 bridgehead atoms. The predicted octanol–water partition coefficient (Wildman–Crippen LogP) is 3.52. The molecule has 0 saturated carbocycles. The quantitative estimate of drug-likeness (QED) is 0.645. The zero-order chi connectivity index (χ0) is 17.9. The molecule has 1 aliphatic heterocycles. The van der Waals surface area contributed by atoms with E-state index in [1.165, 1.54) is 15.9 Å². The molecule has 0 spiro atoms. The molecule has 0 radical (unpaired) electrons. The van der Waals surface area contributed by atoms with Gasteiger partial charge >= 0.3 is 155 Å². The first-order chi connectivity index (χ1) is 12.7. The van der Waals surface area contributed by atoms with E-state index in [9.17, 15) is 0 Å². The van der Waals surface area contributed by atoms with Gasteiger partial charge in [0.25, 0.3) is 0 Å². The van der Waals surface area contributed by atoms with Crippen molar-refractivity contribution in [2.45, 2.75) is 6.29 Å². The molecule has 0 atom stereocenters. The molecule has 4 rings (SSSR count). The van der Waals surface area contributed by atoms with Crippen LogP contribution in [0.2, 0.25) is 0 Å². The van der Waals surface area contributed by atoms with Crippen molar-refractivity contribution >= 4 is 22.5 Å². The monoisotopic (exact) mass is 364 g/mol. The van der Waals surface area contributed by atoms with Crippen LogP contribution in [-0.2, 0) is 9.47 Å². The summed E-state index contributed by atoms with van der Waals surface area (Å²) >= 11 is 0. The molecule has 3 aromatic carbocycles. The first kappa shape index (κ1) is 17.4. The Bertz CT molecular complexity index is 744. The molecule has 1 heterocycles. The third kappa shape index (κ3) is 2.79. The van der Waals surface area contributed by atoms with E-state index in [-0.39, 0.29) is 6.29 Å². The van der Waals surface area contributed by atoms with Crippen LogP contribution in [0.5, 0.6) is 0 Å². The molecule has 0 aliphatic carbocycles. The van der Waals surface area contributed by atoms with Gasteiger partial charge in [0.1, 0.15) is 0 Å². The van der Waals surface area contributed by atoms with Crippen LogP contribution >= 0.6 is 6.60 Å². The Hall–Kier alpha value is -1.99. The SMILES string of the molecule is CP(CC1OCCO1)(c1ccccc1)(c1ccccc1)c1ccccc1. The minimum atomic E-state index is -2.75. The second kappa shape index (κ2) is 6.96. The van der Waals surface area contributed by atoms with Gasteiger partial charge < -0.3 is 0 Å². The summed E-state index contributed by atoms with van der Waals surface area (Å²) in [4.78, 5) is 0. The average molecular weight is 364 g/mol. The van der Waals surface area contributed by atoms with E-state index < -0.39 is 6.60 Å². The molecule has 0 amide bonds. The summed E-state index contributed by atoms with van der Waals surface area (Å²) in [5.74, 6) is 0. The van der Waals surface area contributed by atoms with Crippen molar-refractivity contribution in [3.63, 3.8) is 0 Å². The number of rotatable bonds is 5. The van der Waals surface area contributed by atoms with Gasteiger partial charge in [0.2, 0.25) is 0 Å². The van der Waals surface area contributed by atoms with Gasteiger partial charge in [-0.25, -0.2) is 0 Å². The number of ether oxygens (including phenoxy) is 2. The van der Waals surface area contributed by atoms with Crippen molar-refractivity contribution in [2.24, 2.45) is 0 Å². The molecule has 3 aromatic rings. The fourth-order valence-electron chi connectivity index (χ4n) is 4.14. The third-order valence-electron chi connectivity index (χ3n) is 5.66.